The van der Waals surface area contributed by atoms with E-state index >= 15 is 0 Å². The molecule has 0 fully saturated rings. The molecule has 0 aliphatic rings. The Bertz CT molecular complexity index is 590. The Balaban J connectivity index is 2.52. The number of hydrogen-bond donors (Lipinski definition) is 0. The van der Waals surface area contributed by atoms with E-state index < -0.39 is 17.4 Å². The van der Waals surface area contributed by atoms with Gasteiger partial charge in [-0.15, -0.1) is 0 Å². The van der Waals surface area contributed by atoms with Gasteiger partial charge in [0.2, 0.25) is 0 Å². The van der Waals surface area contributed by atoms with Crippen molar-refractivity contribution in [1.29, 1.82) is 0 Å². The van der Waals surface area contributed by atoms with Crippen molar-refractivity contribution < 1.29 is 18.0 Å². The fourth-order valence-electron chi connectivity index (χ4n) is 1.46. The van der Waals surface area contributed by atoms with Crippen molar-refractivity contribution in [1.82, 2.24) is 0 Å². The number of benzene rings is 1. The van der Waals surface area contributed by atoms with Crippen LogP contribution in [0.4, 0.5) is 8.78 Å². The molecule has 0 N–H and O–H groups in total. The average Bonchev–Trinajstić information content (AvgIpc) is 2.69. The second-order valence-electron chi connectivity index (χ2n) is 3.47. The minimum atomic E-state index is -1.11. The largest absolute Gasteiger partial charge is 0.469 e. The van der Waals surface area contributed by atoms with Gasteiger partial charge in [-0.1, -0.05) is 11.6 Å². The van der Waals surface area contributed by atoms with Crippen molar-refractivity contribution in [3.63, 3.8) is 0 Å². The number of furan rings is 1. The fraction of sp³-hybridized carbons (Fsp3) is 0.0833. The number of rotatable bonds is 2. The first-order chi connectivity index (χ1) is 8.00. The molecule has 1 aromatic carbocycles. The highest BCUT2D eigenvalue weighted by Gasteiger charge is 2.19. The summed E-state index contributed by atoms with van der Waals surface area (Å²) in [7, 11) is 0. The van der Waals surface area contributed by atoms with E-state index in [0.29, 0.717) is 5.76 Å². The Kier molecular flexibility index (Phi) is 2.98. The molecule has 0 aliphatic carbocycles. The topological polar surface area (TPSA) is 30.2 Å². The highest BCUT2D eigenvalue weighted by molar-refractivity contribution is 6.35. The molecular formula is C12H7ClF2O2. The molecule has 5 heteroatoms. The Morgan fingerprint density at radius 1 is 1.24 bits per heavy atom. The van der Waals surface area contributed by atoms with Crippen molar-refractivity contribution in [3.05, 3.63) is 58.0 Å². The quantitative estimate of drug-likeness (QED) is 0.605. The van der Waals surface area contributed by atoms with E-state index in [1.165, 1.54) is 12.3 Å². The molecule has 88 valence electrons. The third-order valence-corrected chi connectivity index (χ3v) is 2.67. The molecule has 0 radical (unpaired) electrons. The standard InChI is InChI=1S/C12H7ClF2O2/c1-6-7(2-3-17-6)12(16)8-4-10(14)11(15)5-9(8)13/h2-5H,1H3. The predicted molar refractivity (Wildman–Crippen MR) is 58.2 cm³/mol. The van der Waals surface area contributed by atoms with Crippen LogP contribution in [0, 0.1) is 18.6 Å². The molecule has 2 nitrogen and oxygen atoms in total. The summed E-state index contributed by atoms with van der Waals surface area (Å²) >= 11 is 5.71. The van der Waals surface area contributed by atoms with Gasteiger partial charge in [-0.05, 0) is 25.1 Å². The first kappa shape index (κ1) is 11.8. The maximum atomic E-state index is 13.1. The van der Waals surface area contributed by atoms with E-state index in [4.69, 9.17) is 16.0 Å². The van der Waals surface area contributed by atoms with Gasteiger partial charge in [-0.25, -0.2) is 8.78 Å². The van der Waals surface area contributed by atoms with E-state index in [9.17, 15) is 13.6 Å². The zero-order valence-electron chi connectivity index (χ0n) is 8.76. The van der Waals surface area contributed by atoms with Crippen molar-refractivity contribution in [2.24, 2.45) is 0 Å². The number of hydrogen-bond acceptors (Lipinski definition) is 2. The fourth-order valence-corrected chi connectivity index (χ4v) is 1.70. The first-order valence-corrected chi connectivity index (χ1v) is 5.12. The smallest absolute Gasteiger partial charge is 0.198 e. The van der Waals surface area contributed by atoms with Gasteiger partial charge >= 0.3 is 0 Å². The zero-order chi connectivity index (χ0) is 12.6. The number of carbonyl (C=O) groups excluding carboxylic acids is 1. The lowest BCUT2D eigenvalue weighted by molar-refractivity contribution is 0.103. The number of carbonyl (C=O) groups is 1. The lowest BCUT2D eigenvalue weighted by Crippen LogP contribution is -2.04. The van der Waals surface area contributed by atoms with Crippen LogP contribution in [-0.4, -0.2) is 5.78 Å². The number of aryl methyl sites for hydroxylation is 1. The zero-order valence-corrected chi connectivity index (χ0v) is 9.52. The van der Waals surface area contributed by atoms with Crippen LogP contribution in [0.25, 0.3) is 0 Å². The molecule has 1 aromatic heterocycles. The van der Waals surface area contributed by atoms with Gasteiger partial charge in [0.1, 0.15) is 5.76 Å². The highest BCUT2D eigenvalue weighted by atomic mass is 35.5. The van der Waals surface area contributed by atoms with Crippen LogP contribution in [0.2, 0.25) is 5.02 Å². The summed E-state index contributed by atoms with van der Waals surface area (Å²) in [5.74, 6) is -2.30. The number of halogens is 3. The van der Waals surface area contributed by atoms with Crippen molar-refractivity contribution in [3.8, 4) is 0 Å². The molecule has 0 amide bonds. The van der Waals surface area contributed by atoms with Crippen LogP contribution >= 0.6 is 11.6 Å². The van der Waals surface area contributed by atoms with E-state index in [0.717, 1.165) is 12.1 Å². The first-order valence-electron chi connectivity index (χ1n) is 4.74. The summed E-state index contributed by atoms with van der Waals surface area (Å²) in [6.07, 6.45) is 1.34. The van der Waals surface area contributed by atoms with E-state index in [1.54, 1.807) is 6.92 Å². The molecule has 1 heterocycles. The summed E-state index contributed by atoms with van der Waals surface area (Å²) < 4.78 is 30.9. The Morgan fingerprint density at radius 3 is 2.47 bits per heavy atom. The lowest BCUT2D eigenvalue weighted by Gasteiger charge is -2.03. The Morgan fingerprint density at radius 2 is 1.88 bits per heavy atom. The molecule has 17 heavy (non-hydrogen) atoms. The Hall–Kier alpha value is -1.68. The number of ketones is 1. The van der Waals surface area contributed by atoms with Gasteiger partial charge in [0, 0.05) is 5.56 Å². The Labute approximate surface area is 101 Å². The maximum absolute atomic E-state index is 13.1. The average molecular weight is 257 g/mol. The predicted octanol–water partition coefficient (Wildman–Crippen LogP) is 3.75. The maximum Gasteiger partial charge on any atom is 0.198 e. The van der Waals surface area contributed by atoms with E-state index in [-0.39, 0.29) is 16.1 Å². The molecule has 2 rings (SSSR count). The van der Waals surface area contributed by atoms with Crippen LogP contribution in [0.15, 0.2) is 28.9 Å². The third-order valence-electron chi connectivity index (χ3n) is 2.36. The van der Waals surface area contributed by atoms with Gasteiger partial charge < -0.3 is 4.42 Å². The van der Waals surface area contributed by atoms with Crippen molar-refractivity contribution in [2.45, 2.75) is 6.92 Å². The van der Waals surface area contributed by atoms with Crippen molar-refractivity contribution in [2.75, 3.05) is 0 Å². The second kappa shape index (κ2) is 4.30. The minimum absolute atomic E-state index is 0.0879. The van der Waals surface area contributed by atoms with Crippen LogP contribution < -0.4 is 0 Å². The SMILES string of the molecule is Cc1occc1C(=O)c1cc(F)c(F)cc1Cl. The third kappa shape index (κ3) is 2.08. The normalized spacial score (nSPS) is 10.6. The van der Waals surface area contributed by atoms with Crippen LogP contribution in [0.5, 0.6) is 0 Å². The van der Waals surface area contributed by atoms with Crippen LogP contribution in [0.1, 0.15) is 21.7 Å². The summed E-state index contributed by atoms with van der Waals surface area (Å²) in [6.45, 7) is 1.60. The van der Waals surface area contributed by atoms with Gasteiger partial charge in [-0.2, -0.15) is 0 Å². The monoisotopic (exact) mass is 256 g/mol. The molecule has 0 spiro atoms. The highest BCUT2D eigenvalue weighted by Crippen LogP contribution is 2.24. The molecule has 0 atom stereocenters. The molecular weight excluding hydrogens is 250 g/mol. The summed E-state index contributed by atoms with van der Waals surface area (Å²) in [5.41, 5.74) is 0.188. The molecule has 0 unspecified atom stereocenters. The molecule has 0 saturated carbocycles. The minimum Gasteiger partial charge on any atom is -0.469 e. The summed E-state index contributed by atoms with van der Waals surface area (Å²) in [6, 6.07) is 3.02. The van der Waals surface area contributed by atoms with Gasteiger partial charge in [0.15, 0.2) is 17.4 Å². The van der Waals surface area contributed by atoms with Gasteiger partial charge in [0.05, 0.1) is 16.8 Å². The lowest BCUT2D eigenvalue weighted by atomic mass is 10.0. The van der Waals surface area contributed by atoms with Crippen molar-refractivity contribution >= 4 is 17.4 Å². The molecule has 0 bridgehead atoms. The molecule has 2 aromatic rings. The van der Waals surface area contributed by atoms with E-state index in [2.05, 4.69) is 0 Å². The van der Waals surface area contributed by atoms with Crippen LogP contribution in [0.3, 0.4) is 0 Å². The second-order valence-corrected chi connectivity index (χ2v) is 3.87. The van der Waals surface area contributed by atoms with E-state index in [1.807, 2.05) is 0 Å². The molecule has 0 saturated heterocycles. The van der Waals surface area contributed by atoms with Gasteiger partial charge in [0.25, 0.3) is 0 Å². The molecule has 0 aliphatic heterocycles. The summed E-state index contributed by atoms with van der Waals surface area (Å²) in [5, 5.41) is -0.130. The van der Waals surface area contributed by atoms with Crippen LogP contribution in [-0.2, 0) is 0 Å². The summed E-state index contributed by atoms with van der Waals surface area (Å²) in [4.78, 5) is 12.0. The van der Waals surface area contributed by atoms with Gasteiger partial charge in [-0.3, -0.25) is 4.79 Å².